The molecule has 0 spiro atoms. The van der Waals surface area contributed by atoms with Gasteiger partial charge < -0.3 is 16.6 Å². The van der Waals surface area contributed by atoms with E-state index >= 15 is 0 Å². The van der Waals surface area contributed by atoms with Gasteiger partial charge in [0, 0.05) is 0 Å². The third-order valence-electron chi connectivity index (χ3n) is 1.30. The van der Waals surface area contributed by atoms with Gasteiger partial charge in [0.05, 0.1) is 0 Å². The lowest BCUT2D eigenvalue weighted by molar-refractivity contribution is -0.134. The number of amides is 2. The number of carboxylic acid groups (broad SMARTS) is 1. The third kappa shape index (κ3) is 19.2. The summed E-state index contributed by atoms with van der Waals surface area (Å²) in [6, 6.07) is 0. The van der Waals surface area contributed by atoms with E-state index in [1.165, 1.54) is 12.2 Å². The van der Waals surface area contributed by atoms with E-state index in [0.717, 1.165) is 0 Å². The summed E-state index contributed by atoms with van der Waals surface area (Å²) in [5.41, 5.74) is 9.68. The number of rotatable bonds is 6. The second kappa shape index (κ2) is 11.1. The smallest absolute Gasteiger partial charge is 0.364 e. The van der Waals surface area contributed by atoms with Gasteiger partial charge in [0.25, 0.3) is 0 Å². The van der Waals surface area contributed by atoms with Crippen LogP contribution in [0.15, 0.2) is 36.7 Å². The van der Waals surface area contributed by atoms with Crippen LogP contribution in [0.25, 0.3) is 0 Å². The Hall–Kier alpha value is -2.44. The summed E-state index contributed by atoms with van der Waals surface area (Å²) in [6.07, 6.45) is 7.22. The molecule has 100 valence electrons. The number of carboxylic acids is 1. The summed E-state index contributed by atoms with van der Waals surface area (Å²) in [5, 5.41) is 7.52. The van der Waals surface area contributed by atoms with Gasteiger partial charge in [0.15, 0.2) is 0 Å². The van der Waals surface area contributed by atoms with Crippen molar-refractivity contribution in [2.75, 3.05) is 0 Å². The maximum absolute atomic E-state index is 11.0. The van der Waals surface area contributed by atoms with Gasteiger partial charge in [-0.15, -0.1) is 0 Å². The first-order valence-electron chi connectivity index (χ1n) is 4.77. The number of carbonyl (C=O) groups excluding carboxylic acids is 2. The lowest BCUT2D eigenvalue weighted by Gasteiger charge is -1.84. The van der Waals surface area contributed by atoms with Crippen molar-refractivity contribution in [3.63, 3.8) is 0 Å². The van der Waals surface area contributed by atoms with E-state index in [0.29, 0.717) is 12.8 Å². The Morgan fingerprint density at radius 2 is 1.33 bits per heavy atom. The first-order valence-corrected chi connectivity index (χ1v) is 4.77. The predicted molar refractivity (Wildman–Crippen MR) is 63.8 cm³/mol. The Balaban J connectivity index is 0. The van der Waals surface area contributed by atoms with Gasteiger partial charge in [-0.2, -0.15) is 4.39 Å². The predicted octanol–water partition coefficient (Wildman–Crippen LogP) is 0.404. The van der Waals surface area contributed by atoms with Crippen LogP contribution < -0.4 is 11.5 Å². The van der Waals surface area contributed by atoms with Gasteiger partial charge in [-0.3, -0.25) is 9.59 Å². The first kappa shape index (κ1) is 17.9. The highest BCUT2D eigenvalue weighted by Gasteiger charge is 1.96. The molecule has 0 aromatic rings. The number of aliphatic carboxylic acids is 1. The van der Waals surface area contributed by atoms with Crippen LogP contribution in [-0.2, 0) is 14.4 Å². The van der Waals surface area contributed by atoms with Crippen LogP contribution in [0.1, 0.15) is 12.8 Å². The first-order chi connectivity index (χ1) is 8.27. The monoisotopic (exact) mass is 258 g/mol. The molecule has 0 rings (SSSR count). The molecule has 18 heavy (non-hydrogen) atoms. The van der Waals surface area contributed by atoms with E-state index in [4.69, 9.17) is 16.6 Å². The summed E-state index contributed by atoms with van der Waals surface area (Å²) in [4.78, 5) is 29.6. The third-order valence-corrected chi connectivity index (χ3v) is 1.30. The van der Waals surface area contributed by atoms with Crippen LogP contribution in [-0.4, -0.2) is 22.9 Å². The topological polar surface area (TPSA) is 123 Å². The van der Waals surface area contributed by atoms with Crippen LogP contribution in [0.5, 0.6) is 0 Å². The zero-order valence-corrected chi connectivity index (χ0v) is 9.64. The maximum Gasteiger partial charge on any atom is 0.364 e. The molecule has 0 aromatic carbocycles. The van der Waals surface area contributed by atoms with Crippen LogP contribution in [0, 0.1) is 0 Å². The van der Waals surface area contributed by atoms with Crippen molar-refractivity contribution in [3.8, 4) is 0 Å². The largest absolute Gasteiger partial charge is 0.476 e. The highest BCUT2D eigenvalue weighted by molar-refractivity contribution is 5.86. The fraction of sp³-hybridized carbons (Fsp3) is 0.182. The Kier molecular flexibility index (Phi) is 11.0. The van der Waals surface area contributed by atoms with Crippen molar-refractivity contribution in [3.05, 3.63) is 36.7 Å². The number of hydrogen-bond donors (Lipinski definition) is 3. The highest BCUT2D eigenvalue weighted by atomic mass is 19.1. The molecule has 6 nitrogen and oxygen atoms in total. The molecular weight excluding hydrogens is 243 g/mol. The minimum Gasteiger partial charge on any atom is -0.476 e. The Labute approximate surface area is 103 Å². The number of carbonyl (C=O) groups is 3. The number of primary amides is 2. The molecule has 0 aliphatic carbocycles. The minimum atomic E-state index is -1.60. The van der Waals surface area contributed by atoms with Crippen LogP contribution >= 0.6 is 0 Å². The van der Waals surface area contributed by atoms with Crippen molar-refractivity contribution >= 4 is 17.8 Å². The van der Waals surface area contributed by atoms with E-state index in [-0.39, 0.29) is 0 Å². The molecule has 0 saturated heterocycles. The Morgan fingerprint density at radius 1 is 1.06 bits per heavy atom. The SMILES string of the molecule is C=C(F)C(=O)O.NC(=O)C=CCCC=CC(N)=O. The molecule has 0 unspecified atom stereocenters. The van der Waals surface area contributed by atoms with Crippen LogP contribution in [0.4, 0.5) is 4.39 Å². The van der Waals surface area contributed by atoms with Gasteiger partial charge in [0.2, 0.25) is 17.6 Å². The quantitative estimate of drug-likeness (QED) is 0.471. The second-order valence-electron chi connectivity index (χ2n) is 2.90. The van der Waals surface area contributed by atoms with Crippen molar-refractivity contribution in [1.29, 1.82) is 0 Å². The Morgan fingerprint density at radius 3 is 1.50 bits per heavy atom. The zero-order chi connectivity index (χ0) is 14.6. The van der Waals surface area contributed by atoms with Gasteiger partial charge in [0.1, 0.15) is 0 Å². The molecule has 0 bridgehead atoms. The molecule has 0 saturated carbocycles. The molecule has 0 radical (unpaired) electrons. The van der Waals surface area contributed by atoms with Crippen LogP contribution in [0.2, 0.25) is 0 Å². The van der Waals surface area contributed by atoms with Crippen molar-refractivity contribution < 1.29 is 23.9 Å². The van der Waals surface area contributed by atoms with E-state index < -0.39 is 23.6 Å². The average Bonchev–Trinajstić information content (AvgIpc) is 2.23. The van der Waals surface area contributed by atoms with Crippen molar-refractivity contribution in [2.45, 2.75) is 12.8 Å². The summed E-state index contributed by atoms with van der Waals surface area (Å²) < 4.78 is 11.0. The molecule has 7 heteroatoms. The minimum absolute atomic E-state index is 0.464. The second-order valence-corrected chi connectivity index (χ2v) is 2.90. The van der Waals surface area contributed by atoms with Gasteiger partial charge in [-0.1, -0.05) is 18.7 Å². The van der Waals surface area contributed by atoms with Crippen molar-refractivity contribution in [1.82, 2.24) is 0 Å². The number of hydrogen-bond acceptors (Lipinski definition) is 3. The fourth-order valence-corrected chi connectivity index (χ4v) is 0.591. The molecule has 0 aliphatic rings. The summed E-state index contributed by atoms with van der Waals surface area (Å²) in [6.45, 7) is 2.49. The van der Waals surface area contributed by atoms with Gasteiger partial charge >= 0.3 is 5.97 Å². The number of unbranched alkanes of at least 4 members (excludes halogenated alkanes) is 1. The number of nitrogens with two attached hydrogens (primary N) is 2. The summed E-state index contributed by atoms with van der Waals surface area (Å²) in [5.74, 6) is -3.85. The van der Waals surface area contributed by atoms with E-state index in [9.17, 15) is 18.8 Å². The molecule has 5 N–H and O–H groups in total. The van der Waals surface area contributed by atoms with Crippen molar-refractivity contribution in [2.24, 2.45) is 11.5 Å². The van der Waals surface area contributed by atoms with Gasteiger partial charge in [-0.25, -0.2) is 4.79 Å². The number of allylic oxidation sites excluding steroid dienone is 2. The molecule has 2 amide bonds. The van der Waals surface area contributed by atoms with Crippen LogP contribution in [0.3, 0.4) is 0 Å². The standard InChI is InChI=1S/C8H12N2O2.C3H3FO2/c9-7(11)5-3-1-2-4-6-8(10)12;1-2(4)3(5)6/h3-6H,1-2H2,(H2,9,11)(H2,10,12);1H2,(H,5,6). The molecule has 0 aliphatic heterocycles. The molecule has 0 fully saturated rings. The number of halogens is 1. The lowest BCUT2D eigenvalue weighted by Crippen LogP contribution is -2.05. The lowest BCUT2D eigenvalue weighted by atomic mass is 10.2. The molecule has 0 atom stereocenters. The fourth-order valence-electron chi connectivity index (χ4n) is 0.591. The van der Waals surface area contributed by atoms with E-state index in [1.807, 2.05) is 0 Å². The van der Waals surface area contributed by atoms with Gasteiger partial charge in [-0.05, 0) is 25.0 Å². The van der Waals surface area contributed by atoms with E-state index in [1.54, 1.807) is 12.2 Å². The Bertz CT molecular complexity index is 339. The molecular formula is C11H15FN2O4. The summed E-state index contributed by atoms with van der Waals surface area (Å²) >= 11 is 0. The zero-order valence-electron chi connectivity index (χ0n) is 9.64. The molecule has 0 heterocycles. The maximum atomic E-state index is 11.0. The summed E-state index contributed by atoms with van der Waals surface area (Å²) in [7, 11) is 0. The molecule has 0 aromatic heterocycles. The highest BCUT2D eigenvalue weighted by Crippen LogP contribution is 1.91. The normalized spacial score (nSPS) is 9.83. The average molecular weight is 258 g/mol. The van der Waals surface area contributed by atoms with E-state index in [2.05, 4.69) is 6.58 Å².